The molecule has 0 aliphatic carbocycles. The summed E-state index contributed by atoms with van der Waals surface area (Å²) in [5.74, 6) is -1.38. The van der Waals surface area contributed by atoms with Crippen molar-refractivity contribution in [2.24, 2.45) is 0 Å². The number of anilines is 1. The van der Waals surface area contributed by atoms with Crippen molar-refractivity contribution in [2.75, 3.05) is 5.32 Å². The molecule has 12 heteroatoms. The lowest BCUT2D eigenvalue weighted by Gasteiger charge is -2.16. The molecule has 0 radical (unpaired) electrons. The number of carbonyl (C=O) groups excluding carboxylic acids is 1. The summed E-state index contributed by atoms with van der Waals surface area (Å²) in [7, 11) is 0. The molecule has 0 spiro atoms. The third-order valence-corrected chi connectivity index (χ3v) is 6.39. The number of hydrogen-bond donors (Lipinski definition) is 1. The zero-order chi connectivity index (χ0) is 25.0. The standard InChI is InChI=1S/C22H22F3N3O5S/c1-3-13(2)34-15-7-8-17(16(12-15)22(23,24)25)26-20(29)5-4-10-27-18-9-6-14(28(31)32)11-19(18)33-21(27)30/h6-9,11-13H,3-5,10H2,1-2H3,(H,26,29). The van der Waals surface area contributed by atoms with E-state index in [1.165, 1.54) is 40.6 Å². The molecule has 3 aromatic rings. The molecule has 1 atom stereocenters. The van der Waals surface area contributed by atoms with Gasteiger partial charge < -0.3 is 9.73 Å². The summed E-state index contributed by atoms with van der Waals surface area (Å²) in [5, 5.41) is 13.3. The normalized spacial score (nSPS) is 12.6. The fraction of sp³-hybridized carbons (Fsp3) is 0.364. The van der Waals surface area contributed by atoms with E-state index in [0.29, 0.717) is 10.4 Å². The monoisotopic (exact) mass is 497 g/mol. The van der Waals surface area contributed by atoms with E-state index in [2.05, 4.69) is 5.32 Å². The summed E-state index contributed by atoms with van der Waals surface area (Å²) in [6.07, 6.45) is -3.84. The van der Waals surface area contributed by atoms with Crippen LogP contribution in [0.2, 0.25) is 0 Å². The minimum absolute atomic E-state index is 0.0359. The van der Waals surface area contributed by atoms with Gasteiger partial charge in [0, 0.05) is 29.2 Å². The van der Waals surface area contributed by atoms with Gasteiger partial charge >= 0.3 is 11.9 Å². The second kappa shape index (κ2) is 10.3. The Morgan fingerprint density at radius 2 is 2.00 bits per heavy atom. The fourth-order valence-corrected chi connectivity index (χ4v) is 4.21. The van der Waals surface area contributed by atoms with Gasteiger partial charge in [0.1, 0.15) is 0 Å². The number of nitrogens with one attached hydrogen (secondary N) is 1. The van der Waals surface area contributed by atoms with E-state index < -0.39 is 28.3 Å². The molecule has 1 aromatic heterocycles. The Labute approximate surface area is 196 Å². The highest BCUT2D eigenvalue weighted by atomic mass is 32.2. The second-order valence-electron chi connectivity index (χ2n) is 7.62. The van der Waals surface area contributed by atoms with E-state index in [4.69, 9.17) is 4.42 Å². The number of halogens is 3. The number of nitro benzene ring substituents is 1. The first-order valence-corrected chi connectivity index (χ1v) is 11.3. The number of amides is 1. The molecule has 8 nitrogen and oxygen atoms in total. The predicted octanol–water partition coefficient (Wildman–Crippen LogP) is 5.83. The molecule has 1 N–H and O–H groups in total. The van der Waals surface area contributed by atoms with Crippen LogP contribution in [0.3, 0.4) is 0 Å². The highest BCUT2D eigenvalue weighted by Gasteiger charge is 2.34. The number of benzene rings is 2. The first kappa shape index (κ1) is 25.3. The van der Waals surface area contributed by atoms with Gasteiger partial charge in [-0.25, -0.2) is 4.79 Å². The average molecular weight is 497 g/mol. The Kier molecular flexibility index (Phi) is 7.70. The summed E-state index contributed by atoms with van der Waals surface area (Å²) in [4.78, 5) is 35.1. The van der Waals surface area contributed by atoms with Crippen molar-refractivity contribution in [1.82, 2.24) is 4.57 Å². The quantitative estimate of drug-likeness (QED) is 0.226. The van der Waals surface area contributed by atoms with Crippen molar-refractivity contribution in [3.63, 3.8) is 0 Å². The largest absolute Gasteiger partial charge is 0.419 e. The Bertz CT molecular complexity index is 1270. The number of rotatable bonds is 9. The minimum Gasteiger partial charge on any atom is -0.407 e. The molecule has 0 saturated heterocycles. The highest BCUT2D eigenvalue weighted by molar-refractivity contribution is 7.99. The number of nitrogens with zero attached hydrogens (tertiary/aromatic N) is 2. The molecular formula is C22H22F3N3O5S. The van der Waals surface area contributed by atoms with Gasteiger partial charge in [0.05, 0.1) is 27.8 Å². The molecule has 2 aromatic carbocycles. The topological polar surface area (TPSA) is 107 Å². The van der Waals surface area contributed by atoms with Gasteiger partial charge in [-0.3, -0.25) is 19.5 Å². The predicted molar refractivity (Wildman–Crippen MR) is 122 cm³/mol. The van der Waals surface area contributed by atoms with Crippen molar-refractivity contribution in [3.8, 4) is 0 Å². The lowest BCUT2D eigenvalue weighted by molar-refractivity contribution is -0.384. The maximum atomic E-state index is 13.6. The molecule has 0 fully saturated rings. The highest BCUT2D eigenvalue weighted by Crippen LogP contribution is 2.38. The Morgan fingerprint density at radius 3 is 2.65 bits per heavy atom. The number of aromatic nitrogens is 1. The Balaban J connectivity index is 1.68. The number of carbonyl (C=O) groups is 1. The molecule has 0 bridgehead atoms. The van der Waals surface area contributed by atoms with Gasteiger partial charge in [-0.05, 0) is 37.1 Å². The Hall–Kier alpha value is -3.28. The van der Waals surface area contributed by atoms with Crippen molar-refractivity contribution in [2.45, 2.75) is 56.0 Å². The smallest absolute Gasteiger partial charge is 0.407 e. The van der Waals surface area contributed by atoms with E-state index >= 15 is 0 Å². The van der Waals surface area contributed by atoms with Crippen LogP contribution >= 0.6 is 11.8 Å². The molecule has 1 unspecified atom stereocenters. The third kappa shape index (κ3) is 5.99. The SMILES string of the molecule is CCC(C)Sc1ccc(NC(=O)CCCn2c(=O)oc3cc([N+](=O)[O-])ccc32)c(C(F)(F)F)c1. The molecule has 0 aliphatic heterocycles. The lowest BCUT2D eigenvalue weighted by atomic mass is 10.1. The van der Waals surface area contributed by atoms with Gasteiger partial charge in [0.25, 0.3) is 5.69 Å². The number of aryl methyl sites for hydroxylation is 1. The second-order valence-corrected chi connectivity index (χ2v) is 9.13. The van der Waals surface area contributed by atoms with Crippen LogP contribution in [-0.4, -0.2) is 20.6 Å². The van der Waals surface area contributed by atoms with Crippen LogP contribution in [0.4, 0.5) is 24.5 Å². The van der Waals surface area contributed by atoms with Crippen LogP contribution in [0.25, 0.3) is 11.1 Å². The van der Waals surface area contributed by atoms with E-state index in [1.807, 2.05) is 13.8 Å². The maximum Gasteiger partial charge on any atom is 0.419 e. The number of hydrogen-bond acceptors (Lipinski definition) is 6. The number of nitro groups is 1. The van der Waals surface area contributed by atoms with Crippen LogP contribution in [0, 0.1) is 10.1 Å². The molecule has 0 saturated carbocycles. The summed E-state index contributed by atoms with van der Waals surface area (Å²) < 4.78 is 46.9. The van der Waals surface area contributed by atoms with Crippen molar-refractivity contribution >= 4 is 40.1 Å². The maximum absolute atomic E-state index is 13.6. The van der Waals surface area contributed by atoms with Crippen LogP contribution in [-0.2, 0) is 17.5 Å². The van der Waals surface area contributed by atoms with Crippen LogP contribution in [0.1, 0.15) is 38.7 Å². The minimum atomic E-state index is -4.64. The zero-order valence-electron chi connectivity index (χ0n) is 18.3. The molecule has 182 valence electrons. The van der Waals surface area contributed by atoms with E-state index in [9.17, 15) is 32.9 Å². The molecular weight excluding hydrogens is 475 g/mol. The summed E-state index contributed by atoms with van der Waals surface area (Å²) >= 11 is 1.33. The van der Waals surface area contributed by atoms with Gasteiger partial charge in [-0.1, -0.05) is 13.8 Å². The summed E-state index contributed by atoms with van der Waals surface area (Å²) in [5.41, 5.74) is -1.13. The first-order valence-electron chi connectivity index (χ1n) is 10.4. The third-order valence-electron chi connectivity index (χ3n) is 5.13. The van der Waals surface area contributed by atoms with Gasteiger partial charge in [-0.2, -0.15) is 13.2 Å². The summed E-state index contributed by atoms with van der Waals surface area (Å²) in [6, 6.07) is 7.53. The van der Waals surface area contributed by atoms with Crippen molar-refractivity contribution < 1.29 is 27.3 Å². The first-order chi connectivity index (χ1) is 16.0. The van der Waals surface area contributed by atoms with Gasteiger partial charge in [0.2, 0.25) is 5.91 Å². The van der Waals surface area contributed by atoms with Crippen molar-refractivity contribution in [3.05, 3.63) is 62.6 Å². The number of alkyl halides is 3. The molecule has 1 heterocycles. The molecule has 1 amide bonds. The van der Waals surface area contributed by atoms with E-state index in [1.54, 1.807) is 0 Å². The average Bonchev–Trinajstić information content (AvgIpc) is 3.08. The number of fused-ring (bicyclic) bond motifs is 1. The number of non-ortho nitro benzene ring substituents is 1. The van der Waals surface area contributed by atoms with Gasteiger partial charge in [0.15, 0.2) is 5.58 Å². The molecule has 3 rings (SSSR count). The summed E-state index contributed by atoms with van der Waals surface area (Å²) in [6.45, 7) is 3.91. The molecule has 34 heavy (non-hydrogen) atoms. The van der Waals surface area contributed by atoms with E-state index in [0.717, 1.165) is 18.6 Å². The van der Waals surface area contributed by atoms with Crippen molar-refractivity contribution in [1.29, 1.82) is 0 Å². The Morgan fingerprint density at radius 1 is 1.26 bits per heavy atom. The lowest BCUT2D eigenvalue weighted by Crippen LogP contribution is -2.19. The van der Waals surface area contributed by atoms with Crippen LogP contribution in [0.5, 0.6) is 0 Å². The van der Waals surface area contributed by atoms with Gasteiger partial charge in [-0.15, -0.1) is 11.8 Å². The number of thioether (sulfide) groups is 1. The molecule has 0 aliphatic rings. The number of oxazole rings is 1. The zero-order valence-corrected chi connectivity index (χ0v) is 19.2. The van der Waals surface area contributed by atoms with E-state index in [-0.39, 0.29) is 41.6 Å². The fourth-order valence-electron chi connectivity index (χ4n) is 3.25. The van der Waals surface area contributed by atoms with Crippen LogP contribution < -0.4 is 11.1 Å². The van der Waals surface area contributed by atoms with Crippen LogP contribution in [0.15, 0.2) is 50.5 Å².